The van der Waals surface area contributed by atoms with Crippen molar-refractivity contribution in [1.29, 1.82) is 0 Å². The summed E-state index contributed by atoms with van der Waals surface area (Å²) in [7, 11) is 0. The topological polar surface area (TPSA) is 62.3 Å². The zero-order valence-electron chi connectivity index (χ0n) is 17.9. The molecule has 2 heterocycles. The van der Waals surface area contributed by atoms with Crippen LogP contribution in [0.2, 0.25) is 0 Å². The van der Waals surface area contributed by atoms with Gasteiger partial charge in [-0.25, -0.2) is 4.98 Å². The van der Waals surface area contributed by atoms with Crippen molar-refractivity contribution >= 4 is 23.2 Å². The molecule has 0 spiro atoms. The highest BCUT2D eigenvalue weighted by Gasteiger charge is 2.34. The molecular formula is C25H27N3O2S. The highest BCUT2D eigenvalue weighted by atomic mass is 32.1. The number of nitrogens with zero attached hydrogens (tertiary/aromatic N) is 2. The van der Waals surface area contributed by atoms with E-state index in [4.69, 9.17) is 0 Å². The van der Waals surface area contributed by atoms with Gasteiger partial charge in [-0.2, -0.15) is 0 Å². The lowest BCUT2D eigenvalue weighted by Crippen LogP contribution is -2.46. The van der Waals surface area contributed by atoms with Crippen molar-refractivity contribution in [2.45, 2.75) is 39.2 Å². The van der Waals surface area contributed by atoms with Gasteiger partial charge >= 0.3 is 0 Å². The minimum Gasteiger partial charge on any atom is -0.354 e. The molecule has 1 aliphatic rings. The lowest BCUT2D eigenvalue weighted by Gasteiger charge is -2.24. The molecule has 0 radical (unpaired) electrons. The van der Waals surface area contributed by atoms with Gasteiger partial charge in [0.25, 0.3) is 5.91 Å². The third kappa shape index (κ3) is 4.85. The second-order valence-electron chi connectivity index (χ2n) is 8.01. The van der Waals surface area contributed by atoms with Crippen LogP contribution in [-0.4, -0.2) is 40.8 Å². The Morgan fingerprint density at radius 2 is 1.94 bits per heavy atom. The smallest absolute Gasteiger partial charge is 0.254 e. The highest BCUT2D eigenvalue weighted by molar-refractivity contribution is 7.13. The maximum Gasteiger partial charge on any atom is 0.254 e. The average molecular weight is 434 g/mol. The largest absolute Gasteiger partial charge is 0.354 e. The molecule has 1 N–H and O–H groups in total. The second-order valence-corrected chi connectivity index (χ2v) is 8.86. The third-order valence-corrected chi connectivity index (χ3v) is 6.76. The van der Waals surface area contributed by atoms with Crippen LogP contribution in [0.5, 0.6) is 0 Å². The summed E-state index contributed by atoms with van der Waals surface area (Å²) in [6.45, 7) is 5.16. The van der Waals surface area contributed by atoms with E-state index in [-0.39, 0.29) is 11.8 Å². The van der Waals surface area contributed by atoms with Gasteiger partial charge in [0.2, 0.25) is 5.91 Å². The van der Waals surface area contributed by atoms with Gasteiger partial charge in [-0.05, 0) is 49.9 Å². The number of rotatable bonds is 6. The van der Waals surface area contributed by atoms with Crippen LogP contribution in [0, 0.1) is 13.8 Å². The first-order valence-corrected chi connectivity index (χ1v) is 11.6. The summed E-state index contributed by atoms with van der Waals surface area (Å²) in [6, 6.07) is 15.4. The zero-order valence-corrected chi connectivity index (χ0v) is 18.7. The maximum atomic E-state index is 13.0. The standard InChI is InChI=1S/C25H27N3O2S/c1-17-10-11-20(15-18(17)2)25(30)28-14-6-9-22(28)23(29)26-13-12-21-16-31-24(27-21)19-7-4-3-5-8-19/h3-5,7-8,10-11,15-16,22H,6,9,12-14H2,1-2H3,(H,26,29). The summed E-state index contributed by atoms with van der Waals surface area (Å²) in [6.07, 6.45) is 2.23. The number of carbonyl (C=O) groups is 2. The van der Waals surface area contributed by atoms with E-state index in [2.05, 4.69) is 10.3 Å². The number of thiazole rings is 1. The Bertz CT molecular complexity index is 1080. The van der Waals surface area contributed by atoms with Crippen LogP contribution in [-0.2, 0) is 11.2 Å². The van der Waals surface area contributed by atoms with Gasteiger partial charge in [0.05, 0.1) is 5.69 Å². The van der Waals surface area contributed by atoms with Crippen molar-refractivity contribution in [3.05, 3.63) is 76.3 Å². The molecule has 6 heteroatoms. The van der Waals surface area contributed by atoms with Crippen molar-refractivity contribution in [3.63, 3.8) is 0 Å². The monoisotopic (exact) mass is 433 g/mol. The predicted octanol–water partition coefficient (Wildman–Crippen LogP) is 4.39. The molecule has 1 aliphatic heterocycles. The molecule has 2 amide bonds. The maximum absolute atomic E-state index is 13.0. The lowest BCUT2D eigenvalue weighted by molar-refractivity contribution is -0.124. The molecule has 31 heavy (non-hydrogen) atoms. The number of benzene rings is 2. The summed E-state index contributed by atoms with van der Waals surface area (Å²) in [4.78, 5) is 32.2. The molecule has 1 aromatic heterocycles. The quantitative estimate of drug-likeness (QED) is 0.627. The average Bonchev–Trinajstić information content (AvgIpc) is 3.46. The van der Waals surface area contributed by atoms with E-state index in [1.54, 1.807) is 16.2 Å². The van der Waals surface area contributed by atoms with Gasteiger partial charge in [0.15, 0.2) is 0 Å². The fraction of sp³-hybridized carbons (Fsp3) is 0.320. The first-order chi connectivity index (χ1) is 15.0. The van der Waals surface area contributed by atoms with Gasteiger partial charge < -0.3 is 10.2 Å². The molecule has 0 bridgehead atoms. The Balaban J connectivity index is 1.33. The molecule has 160 valence electrons. The Kier molecular flexibility index (Phi) is 6.47. The van der Waals surface area contributed by atoms with Crippen molar-refractivity contribution < 1.29 is 9.59 Å². The minimum absolute atomic E-state index is 0.0623. The molecule has 1 saturated heterocycles. The molecule has 3 aromatic rings. The van der Waals surface area contributed by atoms with Crippen LogP contribution < -0.4 is 5.32 Å². The molecule has 0 aliphatic carbocycles. The lowest BCUT2D eigenvalue weighted by atomic mass is 10.1. The fourth-order valence-electron chi connectivity index (χ4n) is 3.89. The van der Waals surface area contributed by atoms with Crippen molar-refractivity contribution in [2.75, 3.05) is 13.1 Å². The molecule has 0 saturated carbocycles. The molecule has 5 nitrogen and oxygen atoms in total. The minimum atomic E-state index is -0.399. The Morgan fingerprint density at radius 1 is 1.13 bits per heavy atom. The summed E-state index contributed by atoms with van der Waals surface area (Å²) in [5, 5.41) is 6.04. The van der Waals surface area contributed by atoms with Crippen LogP contribution in [0.3, 0.4) is 0 Å². The second kappa shape index (κ2) is 9.43. The van der Waals surface area contributed by atoms with Crippen LogP contribution in [0.25, 0.3) is 10.6 Å². The van der Waals surface area contributed by atoms with Gasteiger partial charge in [0, 0.05) is 36.0 Å². The van der Waals surface area contributed by atoms with E-state index < -0.39 is 6.04 Å². The van der Waals surface area contributed by atoms with Gasteiger partial charge in [0.1, 0.15) is 11.0 Å². The summed E-state index contributed by atoms with van der Waals surface area (Å²) in [5.74, 6) is -0.138. The molecule has 1 atom stereocenters. The number of aryl methyl sites for hydroxylation is 2. The SMILES string of the molecule is Cc1ccc(C(=O)N2CCCC2C(=O)NCCc2csc(-c3ccccc3)n2)cc1C. The number of amides is 2. The van der Waals surface area contributed by atoms with Crippen molar-refractivity contribution in [3.8, 4) is 10.6 Å². The summed E-state index contributed by atoms with van der Waals surface area (Å²) < 4.78 is 0. The zero-order chi connectivity index (χ0) is 21.8. The number of likely N-dealkylation sites (tertiary alicyclic amines) is 1. The third-order valence-electron chi connectivity index (χ3n) is 5.82. The number of nitrogens with one attached hydrogen (secondary N) is 1. The van der Waals surface area contributed by atoms with Crippen LogP contribution in [0.4, 0.5) is 0 Å². The predicted molar refractivity (Wildman–Crippen MR) is 124 cm³/mol. The van der Waals surface area contributed by atoms with Crippen molar-refractivity contribution in [2.24, 2.45) is 0 Å². The fourth-order valence-corrected chi connectivity index (χ4v) is 4.75. The van der Waals surface area contributed by atoms with E-state index in [0.29, 0.717) is 31.5 Å². The number of carbonyl (C=O) groups excluding carboxylic acids is 2. The molecule has 1 unspecified atom stereocenters. The summed E-state index contributed by atoms with van der Waals surface area (Å²) >= 11 is 1.61. The number of aromatic nitrogens is 1. The van der Waals surface area contributed by atoms with Gasteiger partial charge in [-0.3, -0.25) is 9.59 Å². The van der Waals surface area contributed by atoms with Crippen LogP contribution in [0.1, 0.15) is 40.0 Å². The Morgan fingerprint density at radius 3 is 2.71 bits per heavy atom. The van der Waals surface area contributed by atoms with Gasteiger partial charge in [-0.1, -0.05) is 36.4 Å². The number of hydrogen-bond donors (Lipinski definition) is 1. The van der Waals surface area contributed by atoms with E-state index in [1.165, 1.54) is 0 Å². The van der Waals surface area contributed by atoms with E-state index >= 15 is 0 Å². The molecule has 1 fully saturated rings. The highest BCUT2D eigenvalue weighted by Crippen LogP contribution is 2.24. The molecular weight excluding hydrogens is 406 g/mol. The summed E-state index contributed by atoms with van der Waals surface area (Å²) in [5.41, 5.74) is 4.97. The molecule has 4 rings (SSSR count). The first-order valence-electron chi connectivity index (χ1n) is 10.7. The molecule has 2 aromatic carbocycles. The van der Waals surface area contributed by atoms with Crippen molar-refractivity contribution in [1.82, 2.24) is 15.2 Å². The number of hydrogen-bond acceptors (Lipinski definition) is 4. The Labute approximate surface area is 187 Å². The normalized spacial score (nSPS) is 15.8. The van der Waals surface area contributed by atoms with E-state index in [0.717, 1.165) is 33.8 Å². The van der Waals surface area contributed by atoms with Gasteiger partial charge in [-0.15, -0.1) is 11.3 Å². The van der Waals surface area contributed by atoms with Crippen LogP contribution in [0.15, 0.2) is 53.9 Å². The van der Waals surface area contributed by atoms with Crippen LogP contribution >= 0.6 is 11.3 Å². The van der Waals surface area contributed by atoms with E-state index in [1.807, 2.05) is 67.8 Å². The Hall–Kier alpha value is -2.99. The first kappa shape index (κ1) is 21.2. The van der Waals surface area contributed by atoms with E-state index in [9.17, 15) is 9.59 Å².